The second-order valence-electron chi connectivity index (χ2n) is 6.67. The van der Waals surface area contributed by atoms with E-state index in [2.05, 4.69) is 9.97 Å². The maximum absolute atomic E-state index is 12.7. The van der Waals surface area contributed by atoms with Gasteiger partial charge in [0.1, 0.15) is 0 Å². The number of fused-ring (bicyclic) bond motifs is 1. The summed E-state index contributed by atoms with van der Waals surface area (Å²) in [6, 6.07) is 5.66. The van der Waals surface area contributed by atoms with Gasteiger partial charge >= 0.3 is 0 Å². The molecule has 1 amide bonds. The molecule has 1 N–H and O–H groups in total. The lowest BCUT2D eigenvalue weighted by atomic mass is 10.1. The highest BCUT2D eigenvalue weighted by atomic mass is 16.5. The van der Waals surface area contributed by atoms with Crippen LogP contribution >= 0.6 is 0 Å². The Hall–Kier alpha value is -1.88. The predicted octanol–water partition coefficient (Wildman–Crippen LogP) is 3.13. The van der Waals surface area contributed by atoms with Gasteiger partial charge in [0, 0.05) is 18.7 Å². The SMILES string of the molecule is O=C(c1ccc2nc[nH]c2c1)N1CCC(OC2CCCC2)CC1. The van der Waals surface area contributed by atoms with Crippen molar-refractivity contribution in [1.29, 1.82) is 0 Å². The fraction of sp³-hybridized carbons (Fsp3) is 0.556. The fourth-order valence-corrected chi connectivity index (χ4v) is 3.74. The number of ether oxygens (including phenoxy) is 1. The van der Waals surface area contributed by atoms with Gasteiger partial charge in [0.2, 0.25) is 0 Å². The van der Waals surface area contributed by atoms with E-state index in [0.29, 0.717) is 12.2 Å². The lowest BCUT2D eigenvalue weighted by Gasteiger charge is -2.33. The van der Waals surface area contributed by atoms with Gasteiger partial charge in [-0.2, -0.15) is 0 Å². The zero-order valence-electron chi connectivity index (χ0n) is 13.3. The molecule has 2 heterocycles. The van der Waals surface area contributed by atoms with Crippen LogP contribution in [0.1, 0.15) is 48.9 Å². The van der Waals surface area contributed by atoms with Crippen LogP contribution in [-0.4, -0.2) is 46.1 Å². The summed E-state index contributed by atoms with van der Waals surface area (Å²) in [6.07, 6.45) is 9.39. The molecule has 1 aliphatic heterocycles. The Morgan fingerprint density at radius 2 is 1.87 bits per heavy atom. The standard InChI is InChI=1S/C18H23N3O2/c22-18(13-5-6-16-17(11-13)20-12-19-16)21-9-7-15(8-10-21)23-14-3-1-2-4-14/h5-6,11-12,14-15H,1-4,7-10H2,(H,19,20). The first kappa shape index (κ1) is 14.7. The molecule has 5 nitrogen and oxygen atoms in total. The maximum atomic E-state index is 12.7. The Morgan fingerprint density at radius 1 is 1.13 bits per heavy atom. The number of likely N-dealkylation sites (tertiary alicyclic amines) is 1. The van der Waals surface area contributed by atoms with Crippen LogP contribution in [0.5, 0.6) is 0 Å². The number of rotatable bonds is 3. The number of H-pyrrole nitrogens is 1. The molecule has 1 saturated carbocycles. The Balaban J connectivity index is 1.36. The third-order valence-electron chi connectivity index (χ3n) is 5.08. The van der Waals surface area contributed by atoms with Crippen LogP contribution in [0.15, 0.2) is 24.5 Å². The van der Waals surface area contributed by atoms with Crippen molar-refractivity contribution in [3.8, 4) is 0 Å². The molecule has 0 unspecified atom stereocenters. The van der Waals surface area contributed by atoms with Gasteiger partial charge in [-0.3, -0.25) is 4.79 Å². The summed E-state index contributed by atoms with van der Waals surface area (Å²) in [4.78, 5) is 21.9. The minimum absolute atomic E-state index is 0.112. The number of aromatic amines is 1. The monoisotopic (exact) mass is 313 g/mol. The van der Waals surface area contributed by atoms with Crippen LogP contribution < -0.4 is 0 Å². The van der Waals surface area contributed by atoms with E-state index in [-0.39, 0.29) is 5.91 Å². The molecule has 5 heteroatoms. The maximum Gasteiger partial charge on any atom is 0.253 e. The first-order chi connectivity index (χ1) is 11.3. The van der Waals surface area contributed by atoms with Gasteiger partial charge < -0.3 is 14.6 Å². The topological polar surface area (TPSA) is 58.2 Å². The summed E-state index contributed by atoms with van der Waals surface area (Å²) in [5, 5.41) is 0. The normalized spacial score (nSPS) is 20.4. The summed E-state index contributed by atoms with van der Waals surface area (Å²) < 4.78 is 6.18. The quantitative estimate of drug-likeness (QED) is 0.947. The van der Waals surface area contributed by atoms with Crippen molar-refractivity contribution < 1.29 is 9.53 Å². The molecule has 1 saturated heterocycles. The summed E-state index contributed by atoms with van der Waals surface area (Å²) in [7, 11) is 0. The van der Waals surface area contributed by atoms with Gasteiger partial charge in [-0.05, 0) is 43.9 Å². The lowest BCUT2D eigenvalue weighted by molar-refractivity contribution is -0.0357. The Morgan fingerprint density at radius 3 is 2.65 bits per heavy atom. The van der Waals surface area contributed by atoms with Crippen LogP contribution in [-0.2, 0) is 4.74 Å². The molecule has 23 heavy (non-hydrogen) atoms. The highest BCUT2D eigenvalue weighted by Gasteiger charge is 2.27. The molecular formula is C18H23N3O2. The Kier molecular flexibility index (Phi) is 4.04. The fourth-order valence-electron chi connectivity index (χ4n) is 3.74. The van der Waals surface area contributed by atoms with Gasteiger partial charge in [0.25, 0.3) is 5.91 Å². The molecule has 2 aliphatic rings. The molecular weight excluding hydrogens is 290 g/mol. The van der Waals surface area contributed by atoms with Crippen molar-refractivity contribution in [2.75, 3.05) is 13.1 Å². The molecule has 122 valence electrons. The number of hydrogen-bond acceptors (Lipinski definition) is 3. The van der Waals surface area contributed by atoms with Gasteiger partial charge in [0.15, 0.2) is 0 Å². The summed E-state index contributed by atoms with van der Waals surface area (Å²) in [5.74, 6) is 0.112. The third-order valence-corrected chi connectivity index (χ3v) is 5.08. The van der Waals surface area contributed by atoms with E-state index >= 15 is 0 Å². The zero-order valence-corrected chi connectivity index (χ0v) is 13.3. The highest BCUT2D eigenvalue weighted by Crippen LogP contribution is 2.26. The minimum Gasteiger partial charge on any atom is -0.375 e. The molecule has 1 aromatic carbocycles. The van der Waals surface area contributed by atoms with Crippen LogP contribution in [0.2, 0.25) is 0 Å². The molecule has 0 spiro atoms. The van der Waals surface area contributed by atoms with E-state index < -0.39 is 0 Å². The van der Waals surface area contributed by atoms with E-state index in [1.54, 1.807) is 6.33 Å². The third kappa shape index (κ3) is 3.11. The van der Waals surface area contributed by atoms with Crippen LogP contribution in [0.25, 0.3) is 11.0 Å². The predicted molar refractivity (Wildman–Crippen MR) is 88.4 cm³/mol. The second-order valence-corrected chi connectivity index (χ2v) is 6.67. The number of hydrogen-bond donors (Lipinski definition) is 1. The summed E-state index contributed by atoms with van der Waals surface area (Å²) in [6.45, 7) is 1.58. The van der Waals surface area contributed by atoms with E-state index in [1.165, 1.54) is 25.7 Å². The smallest absolute Gasteiger partial charge is 0.253 e. The first-order valence-corrected chi connectivity index (χ1v) is 8.67. The number of carbonyl (C=O) groups excluding carboxylic acids is 1. The molecule has 1 aliphatic carbocycles. The zero-order chi connectivity index (χ0) is 15.6. The molecule has 2 fully saturated rings. The number of amides is 1. The highest BCUT2D eigenvalue weighted by molar-refractivity contribution is 5.97. The van der Waals surface area contributed by atoms with E-state index in [1.807, 2.05) is 23.1 Å². The average Bonchev–Trinajstić information content (AvgIpc) is 3.25. The van der Waals surface area contributed by atoms with Crippen molar-refractivity contribution >= 4 is 16.9 Å². The number of carbonyl (C=O) groups is 1. The Labute approximate surface area is 136 Å². The van der Waals surface area contributed by atoms with Crippen LogP contribution in [0.3, 0.4) is 0 Å². The number of piperidine rings is 1. The second kappa shape index (κ2) is 6.32. The van der Waals surface area contributed by atoms with Gasteiger partial charge in [-0.15, -0.1) is 0 Å². The number of imidazole rings is 1. The van der Waals surface area contributed by atoms with E-state index in [0.717, 1.165) is 42.5 Å². The van der Waals surface area contributed by atoms with E-state index in [4.69, 9.17) is 4.74 Å². The number of nitrogens with zero attached hydrogens (tertiary/aromatic N) is 2. The number of aromatic nitrogens is 2. The van der Waals surface area contributed by atoms with Gasteiger partial charge in [-0.1, -0.05) is 12.8 Å². The van der Waals surface area contributed by atoms with Gasteiger partial charge in [0.05, 0.1) is 29.6 Å². The first-order valence-electron chi connectivity index (χ1n) is 8.67. The van der Waals surface area contributed by atoms with Crippen molar-refractivity contribution in [3.05, 3.63) is 30.1 Å². The number of benzene rings is 1. The lowest BCUT2D eigenvalue weighted by Crippen LogP contribution is -2.41. The van der Waals surface area contributed by atoms with Crippen molar-refractivity contribution in [2.45, 2.75) is 50.7 Å². The van der Waals surface area contributed by atoms with Gasteiger partial charge in [-0.25, -0.2) is 4.98 Å². The van der Waals surface area contributed by atoms with E-state index in [9.17, 15) is 4.79 Å². The average molecular weight is 313 g/mol. The summed E-state index contributed by atoms with van der Waals surface area (Å²) in [5.41, 5.74) is 2.54. The molecule has 1 aromatic heterocycles. The largest absolute Gasteiger partial charge is 0.375 e. The van der Waals surface area contributed by atoms with Crippen LogP contribution in [0, 0.1) is 0 Å². The molecule has 0 radical (unpaired) electrons. The molecule has 2 aromatic rings. The van der Waals surface area contributed by atoms with Crippen molar-refractivity contribution in [3.63, 3.8) is 0 Å². The minimum atomic E-state index is 0.112. The Bertz CT molecular complexity index is 682. The van der Waals surface area contributed by atoms with Crippen molar-refractivity contribution in [1.82, 2.24) is 14.9 Å². The molecule has 0 bridgehead atoms. The van der Waals surface area contributed by atoms with Crippen molar-refractivity contribution in [2.24, 2.45) is 0 Å². The number of nitrogens with one attached hydrogen (secondary N) is 1. The molecule has 4 rings (SSSR count). The molecule has 0 atom stereocenters. The van der Waals surface area contributed by atoms with Crippen LogP contribution in [0.4, 0.5) is 0 Å². The summed E-state index contributed by atoms with van der Waals surface area (Å²) >= 11 is 0.